The van der Waals surface area contributed by atoms with Crippen molar-refractivity contribution < 1.29 is 46.7 Å². The first-order valence-corrected chi connectivity index (χ1v) is 14.8. The molecule has 0 aromatic heterocycles. The summed E-state index contributed by atoms with van der Waals surface area (Å²) in [7, 11) is -3.00. The van der Waals surface area contributed by atoms with Gasteiger partial charge in [-0.25, -0.2) is 0 Å². The molecule has 0 atom stereocenters. The lowest BCUT2D eigenvalue weighted by molar-refractivity contribution is 0.103. The fraction of sp³-hybridized carbons (Fsp3) is 0.417. The van der Waals surface area contributed by atoms with Gasteiger partial charge in [-0.05, 0) is 38.1 Å². The highest BCUT2D eigenvalue weighted by Gasteiger charge is 2.47. The summed E-state index contributed by atoms with van der Waals surface area (Å²) in [5, 5.41) is 0. The highest BCUT2D eigenvalue weighted by Crippen LogP contribution is 2.60. The van der Waals surface area contributed by atoms with Gasteiger partial charge in [0.15, 0.2) is 0 Å². The van der Waals surface area contributed by atoms with Gasteiger partial charge in [-0.3, -0.25) is 14.2 Å². The van der Waals surface area contributed by atoms with Crippen LogP contribution in [0, 0.1) is 0 Å². The molecular formula is C24H32O10P2. The predicted octanol–water partition coefficient (Wildman–Crippen LogP) is 5.33. The maximum absolute atomic E-state index is 14.6. The van der Waals surface area contributed by atoms with E-state index in [1.165, 1.54) is 52.7 Å². The molecule has 0 fully saturated rings. The second-order valence-electron chi connectivity index (χ2n) is 7.32. The molecule has 0 spiro atoms. The number of carbonyl (C=O) groups excluding carboxylic acids is 2. The first-order chi connectivity index (χ1) is 17.2. The van der Waals surface area contributed by atoms with Crippen molar-refractivity contribution in [2.45, 2.75) is 13.8 Å². The molecule has 198 valence electrons. The Hall–Kier alpha value is -2.64. The first-order valence-electron chi connectivity index (χ1n) is 11.1. The standard InChI is InChI=1S/C24H32O10P2/c1-7-33-36(28,34-8-2)16-15-35(27,23(25)21-17(29-3)11-9-12-18(21)30-4)24(26)22-19(31-5)13-10-14-20(22)32-6/h9-14H,7-8,15-16H2,1-6H3. The van der Waals surface area contributed by atoms with E-state index in [0.717, 1.165) is 0 Å². The third-order valence-corrected chi connectivity index (χ3v) is 10.3. The fourth-order valence-electron chi connectivity index (χ4n) is 3.60. The van der Waals surface area contributed by atoms with Gasteiger partial charge in [0, 0.05) is 6.16 Å². The topological polar surface area (TPSA) is 124 Å². The summed E-state index contributed by atoms with van der Waals surface area (Å²) >= 11 is 0. The minimum absolute atomic E-state index is 0.0597. The number of hydrogen-bond donors (Lipinski definition) is 0. The summed E-state index contributed by atoms with van der Waals surface area (Å²) in [4.78, 5) is 28.0. The number of ether oxygens (including phenoxy) is 4. The van der Waals surface area contributed by atoms with Crippen molar-refractivity contribution >= 4 is 25.8 Å². The monoisotopic (exact) mass is 542 g/mol. The van der Waals surface area contributed by atoms with Crippen LogP contribution >= 0.6 is 14.7 Å². The second kappa shape index (κ2) is 13.1. The number of hydrogen-bond acceptors (Lipinski definition) is 10. The molecule has 0 heterocycles. The molecular weight excluding hydrogens is 510 g/mol. The highest BCUT2D eigenvalue weighted by atomic mass is 31.2. The molecule has 0 saturated heterocycles. The second-order valence-corrected chi connectivity index (χ2v) is 12.2. The Kier molecular flexibility index (Phi) is 10.7. The molecule has 0 saturated carbocycles. The summed E-state index contributed by atoms with van der Waals surface area (Å²) < 4.78 is 59.6. The van der Waals surface area contributed by atoms with Crippen molar-refractivity contribution in [2.75, 3.05) is 54.0 Å². The average molecular weight is 542 g/mol. The van der Waals surface area contributed by atoms with E-state index in [-0.39, 0.29) is 47.3 Å². The summed E-state index contributed by atoms with van der Waals surface area (Å²) in [5.41, 5.74) is -2.38. The number of benzene rings is 2. The van der Waals surface area contributed by atoms with Crippen molar-refractivity contribution in [1.29, 1.82) is 0 Å². The zero-order chi connectivity index (χ0) is 26.9. The van der Waals surface area contributed by atoms with Gasteiger partial charge in [0.1, 0.15) is 34.1 Å². The van der Waals surface area contributed by atoms with E-state index in [1.807, 2.05) is 0 Å². The Balaban J connectivity index is 2.76. The van der Waals surface area contributed by atoms with Crippen LogP contribution in [0.5, 0.6) is 23.0 Å². The smallest absolute Gasteiger partial charge is 0.331 e. The van der Waals surface area contributed by atoms with Gasteiger partial charge in [-0.15, -0.1) is 0 Å². The molecule has 0 unspecified atom stereocenters. The minimum Gasteiger partial charge on any atom is -0.496 e. The summed E-state index contributed by atoms with van der Waals surface area (Å²) in [6.07, 6.45) is -1.03. The molecule has 12 heteroatoms. The molecule has 0 aliphatic carbocycles. The molecule has 2 rings (SSSR count). The van der Waals surface area contributed by atoms with Crippen LogP contribution in [-0.2, 0) is 18.2 Å². The van der Waals surface area contributed by atoms with Crippen LogP contribution in [0.3, 0.4) is 0 Å². The van der Waals surface area contributed by atoms with Gasteiger partial charge in [-0.2, -0.15) is 0 Å². The van der Waals surface area contributed by atoms with Gasteiger partial charge >= 0.3 is 7.60 Å². The maximum atomic E-state index is 14.6. The largest absolute Gasteiger partial charge is 0.496 e. The Morgan fingerprint density at radius 3 is 1.25 bits per heavy atom. The zero-order valence-corrected chi connectivity index (χ0v) is 23.1. The lowest BCUT2D eigenvalue weighted by Crippen LogP contribution is -2.19. The van der Waals surface area contributed by atoms with E-state index in [9.17, 15) is 18.7 Å². The first kappa shape index (κ1) is 29.6. The zero-order valence-electron chi connectivity index (χ0n) is 21.3. The Labute approximate surface area is 211 Å². The van der Waals surface area contributed by atoms with E-state index < -0.39 is 38.1 Å². The Morgan fingerprint density at radius 2 is 0.972 bits per heavy atom. The number of rotatable bonds is 15. The highest BCUT2D eigenvalue weighted by molar-refractivity contribution is 7.95. The van der Waals surface area contributed by atoms with E-state index in [4.69, 9.17) is 28.0 Å². The third-order valence-electron chi connectivity index (χ3n) is 5.28. The summed E-state index contributed by atoms with van der Waals surface area (Å²) in [5.74, 6) is 0.267. The number of carbonyl (C=O) groups is 2. The van der Waals surface area contributed by atoms with Gasteiger partial charge in [0.2, 0.25) is 18.2 Å². The van der Waals surface area contributed by atoms with Gasteiger partial charge in [0.25, 0.3) is 0 Å². The van der Waals surface area contributed by atoms with Crippen LogP contribution in [0.4, 0.5) is 0 Å². The fourth-order valence-corrected chi connectivity index (χ4v) is 8.58. The van der Waals surface area contributed by atoms with Crippen LogP contribution in [0.25, 0.3) is 0 Å². The molecule has 10 nitrogen and oxygen atoms in total. The number of methoxy groups -OCH3 is 4. The average Bonchev–Trinajstić information content (AvgIpc) is 2.90. The minimum atomic E-state index is -4.58. The van der Waals surface area contributed by atoms with Crippen LogP contribution < -0.4 is 18.9 Å². The molecule has 0 aliphatic heterocycles. The van der Waals surface area contributed by atoms with Crippen LogP contribution in [-0.4, -0.2) is 65.0 Å². The molecule has 0 radical (unpaired) electrons. The van der Waals surface area contributed by atoms with Gasteiger partial charge < -0.3 is 32.6 Å². The Morgan fingerprint density at radius 1 is 0.639 bits per heavy atom. The molecule has 36 heavy (non-hydrogen) atoms. The Bertz CT molecular complexity index is 1050. The van der Waals surface area contributed by atoms with Gasteiger partial charge in [-0.1, -0.05) is 12.1 Å². The van der Waals surface area contributed by atoms with E-state index in [2.05, 4.69) is 0 Å². The van der Waals surface area contributed by atoms with Crippen molar-refractivity contribution in [2.24, 2.45) is 0 Å². The predicted molar refractivity (Wildman–Crippen MR) is 136 cm³/mol. The van der Waals surface area contributed by atoms with Crippen molar-refractivity contribution in [3.05, 3.63) is 47.5 Å². The molecule has 0 N–H and O–H groups in total. The van der Waals surface area contributed by atoms with E-state index in [1.54, 1.807) is 26.0 Å². The molecule has 2 aromatic rings. The van der Waals surface area contributed by atoms with Crippen molar-refractivity contribution in [3.8, 4) is 23.0 Å². The molecule has 0 aliphatic rings. The lowest BCUT2D eigenvalue weighted by Gasteiger charge is -2.23. The summed E-state index contributed by atoms with van der Waals surface area (Å²) in [6, 6.07) is 9.11. The quantitative estimate of drug-likeness (QED) is 0.273. The normalized spacial score (nSPS) is 11.6. The van der Waals surface area contributed by atoms with Crippen molar-refractivity contribution in [1.82, 2.24) is 0 Å². The molecule has 0 bridgehead atoms. The van der Waals surface area contributed by atoms with E-state index in [0.29, 0.717) is 0 Å². The van der Waals surface area contributed by atoms with Crippen LogP contribution in [0.1, 0.15) is 34.6 Å². The molecule has 0 amide bonds. The molecule has 2 aromatic carbocycles. The SMILES string of the molecule is CCOP(=O)(CCP(=O)(C(=O)c1c(OC)cccc1OC)C(=O)c1c(OC)cccc1OC)OCC. The summed E-state index contributed by atoms with van der Waals surface area (Å²) in [6.45, 7) is 3.37. The lowest BCUT2D eigenvalue weighted by atomic mass is 10.2. The maximum Gasteiger partial charge on any atom is 0.331 e. The van der Waals surface area contributed by atoms with Crippen LogP contribution in [0.15, 0.2) is 36.4 Å². The van der Waals surface area contributed by atoms with Gasteiger partial charge in [0.05, 0.1) is 47.8 Å². The van der Waals surface area contributed by atoms with Crippen LogP contribution in [0.2, 0.25) is 0 Å². The van der Waals surface area contributed by atoms with Crippen molar-refractivity contribution in [3.63, 3.8) is 0 Å². The third kappa shape index (κ3) is 6.19. The van der Waals surface area contributed by atoms with E-state index >= 15 is 0 Å².